The molecule has 2 unspecified atom stereocenters. The Kier molecular flexibility index (Phi) is 2.38. The van der Waals surface area contributed by atoms with Crippen molar-refractivity contribution < 1.29 is 5.11 Å². The smallest absolute Gasteiger partial charge is 0.0653 e. The molecule has 64 valence electrons. The number of aliphatic hydroxyl groups is 1. The van der Waals surface area contributed by atoms with Crippen molar-refractivity contribution in [2.24, 2.45) is 11.3 Å². The largest absolute Gasteiger partial charge is 0.392 e. The molecule has 1 rings (SSSR count). The summed E-state index contributed by atoms with van der Waals surface area (Å²) < 4.78 is 0. The second kappa shape index (κ2) is 2.98. The Morgan fingerprint density at radius 2 is 2.27 bits per heavy atom. The maximum Gasteiger partial charge on any atom is 0.0653 e. The summed E-state index contributed by atoms with van der Waals surface area (Å²) in [5.74, 6) is 0.437. The first kappa shape index (κ1) is 8.79. The average molecular weight is 154 g/mol. The third-order valence-electron chi connectivity index (χ3n) is 3.06. The van der Waals surface area contributed by atoms with Gasteiger partial charge in [0.2, 0.25) is 0 Å². The highest BCUT2D eigenvalue weighted by molar-refractivity contribution is 5.00. The lowest BCUT2D eigenvalue weighted by Gasteiger charge is -2.39. The maximum absolute atomic E-state index is 9.83. The predicted molar refractivity (Wildman–Crippen MR) is 47.3 cm³/mol. The van der Waals surface area contributed by atoms with Gasteiger partial charge in [-0.15, -0.1) is 6.58 Å². The van der Waals surface area contributed by atoms with Crippen molar-refractivity contribution >= 4 is 0 Å². The molecule has 0 aromatic carbocycles. The summed E-state index contributed by atoms with van der Waals surface area (Å²) in [6.07, 6.45) is 5.19. The van der Waals surface area contributed by atoms with E-state index < -0.39 is 0 Å². The van der Waals surface area contributed by atoms with E-state index in [1.165, 1.54) is 6.42 Å². The highest BCUT2D eigenvalue weighted by Gasteiger charge is 2.36. The lowest BCUT2D eigenvalue weighted by atomic mass is 9.69. The van der Waals surface area contributed by atoms with Crippen molar-refractivity contribution in [2.75, 3.05) is 0 Å². The van der Waals surface area contributed by atoms with Gasteiger partial charge in [-0.05, 0) is 18.8 Å². The monoisotopic (exact) mass is 154 g/mol. The minimum atomic E-state index is -0.186. The number of aliphatic hydroxyl groups excluding tert-OH is 1. The van der Waals surface area contributed by atoms with Crippen LogP contribution in [0.2, 0.25) is 0 Å². The Balaban J connectivity index is 2.72. The fourth-order valence-electron chi connectivity index (χ4n) is 1.98. The summed E-state index contributed by atoms with van der Waals surface area (Å²) in [6.45, 7) is 8.00. The summed E-state index contributed by atoms with van der Waals surface area (Å²) in [6, 6.07) is 0. The molecule has 1 aliphatic carbocycles. The fourth-order valence-corrected chi connectivity index (χ4v) is 1.98. The molecular weight excluding hydrogens is 136 g/mol. The minimum absolute atomic E-state index is 0.0301. The van der Waals surface area contributed by atoms with E-state index in [2.05, 4.69) is 20.4 Å². The van der Waals surface area contributed by atoms with Crippen LogP contribution in [0.25, 0.3) is 0 Å². The van der Waals surface area contributed by atoms with E-state index in [9.17, 15) is 5.11 Å². The van der Waals surface area contributed by atoms with Crippen LogP contribution in [0.15, 0.2) is 12.7 Å². The van der Waals surface area contributed by atoms with Crippen LogP contribution in [0.5, 0.6) is 0 Å². The maximum atomic E-state index is 9.83. The van der Waals surface area contributed by atoms with Crippen molar-refractivity contribution in [2.45, 2.75) is 39.2 Å². The highest BCUT2D eigenvalue weighted by atomic mass is 16.3. The van der Waals surface area contributed by atoms with E-state index in [-0.39, 0.29) is 11.5 Å². The average Bonchev–Trinajstić information content (AvgIpc) is 2.00. The van der Waals surface area contributed by atoms with Crippen molar-refractivity contribution in [3.8, 4) is 0 Å². The van der Waals surface area contributed by atoms with Gasteiger partial charge in [-0.25, -0.2) is 0 Å². The van der Waals surface area contributed by atoms with Crippen LogP contribution < -0.4 is 0 Å². The van der Waals surface area contributed by atoms with Crippen LogP contribution in [-0.4, -0.2) is 11.2 Å². The van der Waals surface area contributed by atoms with Crippen LogP contribution in [0.1, 0.15) is 33.1 Å². The van der Waals surface area contributed by atoms with Gasteiger partial charge in [-0.2, -0.15) is 0 Å². The van der Waals surface area contributed by atoms with Crippen LogP contribution >= 0.6 is 0 Å². The van der Waals surface area contributed by atoms with Crippen molar-refractivity contribution in [1.82, 2.24) is 0 Å². The van der Waals surface area contributed by atoms with Gasteiger partial charge in [0.05, 0.1) is 6.10 Å². The zero-order valence-electron chi connectivity index (χ0n) is 7.51. The number of hydrogen-bond donors (Lipinski definition) is 1. The molecule has 1 nitrogen and oxygen atoms in total. The van der Waals surface area contributed by atoms with E-state index in [0.717, 1.165) is 12.8 Å². The molecule has 11 heavy (non-hydrogen) atoms. The van der Waals surface area contributed by atoms with Crippen LogP contribution in [-0.2, 0) is 0 Å². The molecule has 0 spiro atoms. The van der Waals surface area contributed by atoms with Gasteiger partial charge in [0.1, 0.15) is 0 Å². The third-order valence-corrected chi connectivity index (χ3v) is 3.06. The van der Waals surface area contributed by atoms with Crippen LogP contribution in [0.4, 0.5) is 0 Å². The topological polar surface area (TPSA) is 20.2 Å². The second-order valence-corrected chi connectivity index (χ2v) is 4.02. The quantitative estimate of drug-likeness (QED) is 0.575. The Hall–Kier alpha value is -0.300. The molecule has 0 amide bonds. The van der Waals surface area contributed by atoms with Gasteiger partial charge in [0.25, 0.3) is 0 Å². The van der Waals surface area contributed by atoms with Crippen LogP contribution in [0.3, 0.4) is 0 Å². The van der Waals surface area contributed by atoms with E-state index in [1.54, 1.807) is 0 Å². The van der Waals surface area contributed by atoms with E-state index in [4.69, 9.17) is 0 Å². The predicted octanol–water partition coefficient (Wildman–Crippen LogP) is 2.36. The molecule has 0 radical (unpaired) electrons. The molecule has 0 heterocycles. The fraction of sp³-hybridized carbons (Fsp3) is 0.800. The highest BCUT2D eigenvalue weighted by Crippen LogP contribution is 2.39. The summed E-state index contributed by atoms with van der Waals surface area (Å²) in [5.41, 5.74) is -0.0301. The van der Waals surface area contributed by atoms with Gasteiger partial charge in [-0.3, -0.25) is 0 Å². The van der Waals surface area contributed by atoms with Gasteiger partial charge < -0.3 is 5.11 Å². The molecule has 1 saturated carbocycles. The SMILES string of the molecule is C=C[C@@]1(C)CCCC(C)C1O. The van der Waals surface area contributed by atoms with Crippen molar-refractivity contribution in [3.05, 3.63) is 12.7 Å². The summed E-state index contributed by atoms with van der Waals surface area (Å²) in [7, 11) is 0. The first-order valence-corrected chi connectivity index (χ1v) is 4.42. The molecule has 0 bridgehead atoms. The van der Waals surface area contributed by atoms with Crippen molar-refractivity contribution in [1.29, 1.82) is 0 Å². The minimum Gasteiger partial charge on any atom is -0.392 e. The number of hydrogen-bond acceptors (Lipinski definition) is 1. The van der Waals surface area contributed by atoms with Gasteiger partial charge >= 0.3 is 0 Å². The molecule has 0 saturated heterocycles. The van der Waals surface area contributed by atoms with Crippen LogP contribution in [0, 0.1) is 11.3 Å². The summed E-state index contributed by atoms with van der Waals surface area (Å²) in [4.78, 5) is 0. The molecule has 1 fully saturated rings. The van der Waals surface area contributed by atoms with E-state index in [1.807, 2.05) is 6.08 Å². The molecular formula is C10H18O. The van der Waals surface area contributed by atoms with Gasteiger partial charge in [0.15, 0.2) is 0 Å². The molecule has 1 heteroatoms. The Bertz CT molecular complexity index is 153. The van der Waals surface area contributed by atoms with E-state index in [0.29, 0.717) is 5.92 Å². The molecule has 0 aromatic rings. The zero-order chi connectivity index (χ0) is 8.48. The van der Waals surface area contributed by atoms with Gasteiger partial charge in [-0.1, -0.05) is 26.3 Å². The third kappa shape index (κ3) is 1.48. The van der Waals surface area contributed by atoms with Crippen molar-refractivity contribution in [3.63, 3.8) is 0 Å². The zero-order valence-corrected chi connectivity index (χ0v) is 7.51. The standard InChI is InChI=1S/C10H18O/c1-4-10(3)7-5-6-8(2)9(10)11/h4,8-9,11H,1,5-7H2,2-3H3/t8?,9?,10-/m0/s1. The summed E-state index contributed by atoms with van der Waals surface area (Å²) in [5, 5.41) is 9.83. The first-order valence-electron chi connectivity index (χ1n) is 4.42. The molecule has 1 N–H and O–H groups in total. The molecule has 1 aliphatic rings. The lowest BCUT2D eigenvalue weighted by Crippen LogP contribution is -2.39. The molecule has 3 atom stereocenters. The first-order chi connectivity index (χ1) is 5.10. The lowest BCUT2D eigenvalue weighted by molar-refractivity contribution is -0.00816. The Morgan fingerprint density at radius 3 is 2.73 bits per heavy atom. The van der Waals surface area contributed by atoms with E-state index >= 15 is 0 Å². The Labute approximate surface area is 69.1 Å². The second-order valence-electron chi connectivity index (χ2n) is 4.02. The Morgan fingerprint density at radius 1 is 1.64 bits per heavy atom. The normalized spacial score (nSPS) is 45.4. The molecule has 0 aliphatic heterocycles. The number of rotatable bonds is 1. The van der Waals surface area contributed by atoms with Gasteiger partial charge in [0, 0.05) is 5.41 Å². The molecule has 0 aromatic heterocycles. The summed E-state index contributed by atoms with van der Waals surface area (Å²) >= 11 is 0.